The summed E-state index contributed by atoms with van der Waals surface area (Å²) >= 11 is 0. The Hall–Kier alpha value is -2.17. The van der Waals surface area contributed by atoms with E-state index in [4.69, 9.17) is 9.72 Å². The molecule has 4 heterocycles. The highest BCUT2D eigenvalue weighted by Gasteiger charge is 2.40. The van der Waals surface area contributed by atoms with Crippen LogP contribution in [-0.4, -0.2) is 47.1 Å². The molecule has 0 N–H and O–H groups in total. The van der Waals surface area contributed by atoms with E-state index in [0.717, 1.165) is 44.8 Å². The van der Waals surface area contributed by atoms with Crippen molar-refractivity contribution in [1.82, 2.24) is 14.3 Å². The molecule has 3 aromatic rings. The molecule has 5 rings (SSSR count). The molecule has 2 aliphatic heterocycles. The van der Waals surface area contributed by atoms with E-state index in [-0.39, 0.29) is 5.41 Å². The minimum atomic E-state index is 0.00988. The third-order valence-electron chi connectivity index (χ3n) is 6.43. The second-order valence-electron chi connectivity index (χ2n) is 8.07. The quantitative estimate of drug-likeness (QED) is 0.709. The van der Waals surface area contributed by atoms with Gasteiger partial charge in [0.1, 0.15) is 5.65 Å². The van der Waals surface area contributed by atoms with Crippen molar-refractivity contribution in [1.29, 1.82) is 0 Å². The zero-order chi connectivity index (χ0) is 18.1. The minimum absolute atomic E-state index is 0.00988. The number of hydrogen-bond donors (Lipinski definition) is 0. The van der Waals surface area contributed by atoms with Gasteiger partial charge in [0.05, 0.1) is 12.3 Å². The van der Waals surface area contributed by atoms with Crippen LogP contribution in [0, 0.1) is 5.92 Å². The topological polar surface area (TPSA) is 29.8 Å². The van der Waals surface area contributed by atoms with Crippen LogP contribution >= 0.6 is 0 Å². The van der Waals surface area contributed by atoms with Crippen LogP contribution in [0.25, 0.3) is 5.65 Å². The van der Waals surface area contributed by atoms with Gasteiger partial charge in [-0.15, -0.1) is 0 Å². The van der Waals surface area contributed by atoms with Gasteiger partial charge in [0.2, 0.25) is 0 Å². The lowest BCUT2D eigenvalue weighted by Gasteiger charge is -2.42. The number of rotatable bonds is 4. The zero-order valence-electron chi connectivity index (χ0n) is 15.8. The molecule has 0 amide bonds. The number of ether oxygens (including phenoxy) is 1. The predicted octanol–water partition coefficient (Wildman–Crippen LogP) is 3.75. The molecule has 1 atom stereocenters. The SMILES string of the molecule is c1ccc(C2(c3cn4ccccc4n3)CCN(CC3CCOC3)CC2)cc1. The average molecular weight is 361 g/mol. The lowest BCUT2D eigenvalue weighted by atomic mass is 9.70. The highest BCUT2D eigenvalue weighted by atomic mass is 16.5. The van der Waals surface area contributed by atoms with E-state index in [9.17, 15) is 0 Å². The van der Waals surface area contributed by atoms with Gasteiger partial charge < -0.3 is 14.0 Å². The number of piperidine rings is 1. The monoisotopic (exact) mass is 361 g/mol. The van der Waals surface area contributed by atoms with Gasteiger partial charge >= 0.3 is 0 Å². The fourth-order valence-corrected chi connectivity index (χ4v) is 4.82. The minimum Gasteiger partial charge on any atom is -0.381 e. The Labute approximate surface area is 160 Å². The second-order valence-corrected chi connectivity index (χ2v) is 8.07. The molecule has 4 nitrogen and oxygen atoms in total. The Bertz CT molecular complexity index is 857. The summed E-state index contributed by atoms with van der Waals surface area (Å²) < 4.78 is 7.73. The van der Waals surface area contributed by atoms with E-state index in [1.165, 1.54) is 24.2 Å². The molecular weight excluding hydrogens is 334 g/mol. The first kappa shape index (κ1) is 17.0. The van der Waals surface area contributed by atoms with Gasteiger partial charge in [-0.25, -0.2) is 4.98 Å². The van der Waals surface area contributed by atoms with Crippen LogP contribution in [-0.2, 0) is 10.2 Å². The Balaban J connectivity index is 1.45. The van der Waals surface area contributed by atoms with E-state index in [2.05, 4.69) is 70.2 Å². The first-order chi connectivity index (χ1) is 13.3. The van der Waals surface area contributed by atoms with Crippen LogP contribution < -0.4 is 0 Å². The van der Waals surface area contributed by atoms with Crippen LogP contribution in [0.2, 0.25) is 0 Å². The van der Waals surface area contributed by atoms with E-state index in [0.29, 0.717) is 5.92 Å². The van der Waals surface area contributed by atoms with Crippen LogP contribution in [0.1, 0.15) is 30.5 Å². The lowest BCUT2D eigenvalue weighted by Crippen LogP contribution is -2.45. The van der Waals surface area contributed by atoms with Crippen LogP contribution in [0.15, 0.2) is 60.9 Å². The van der Waals surface area contributed by atoms with Crippen LogP contribution in [0.3, 0.4) is 0 Å². The van der Waals surface area contributed by atoms with Crippen molar-refractivity contribution in [2.24, 2.45) is 5.92 Å². The molecule has 2 aliphatic rings. The summed E-state index contributed by atoms with van der Waals surface area (Å²) in [5, 5.41) is 0. The van der Waals surface area contributed by atoms with E-state index in [1.54, 1.807) is 0 Å². The molecule has 0 bridgehead atoms. The molecule has 2 fully saturated rings. The zero-order valence-corrected chi connectivity index (χ0v) is 15.8. The fourth-order valence-electron chi connectivity index (χ4n) is 4.82. The molecular formula is C23H27N3O. The van der Waals surface area contributed by atoms with Gasteiger partial charge in [0, 0.05) is 31.0 Å². The van der Waals surface area contributed by atoms with Crippen LogP contribution in [0.5, 0.6) is 0 Å². The summed E-state index contributed by atoms with van der Waals surface area (Å²) in [6.07, 6.45) is 7.79. The standard InChI is InChI=1S/C23H27N3O/c1-2-6-20(7-3-1)23(21-17-26-12-5-4-8-22(26)24-21)10-13-25(14-11-23)16-19-9-15-27-18-19/h1-8,12,17,19H,9-11,13-16,18H2. The molecule has 0 saturated carbocycles. The van der Waals surface area contributed by atoms with Gasteiger partial charge in [0.15, 0.2) is 0 Å². The molecule has 1 unspecified atom stereocenters. The molecule has 2 saturated heterocycles. The molecule has 0 radical (unpaired) electrons. The number of nitrogens with zero attached hydrogens (tertiary/aromatic N) is 3. The maximum Gasteiger partial charge on any atom is 0.137 e. The highest BCUT2D eigenvalue weighted by Crippen LogP contribution is 2.41. The molecule has 1 aromatic carbocycles. The van der Waals surface area contributed by atoms with Crippen molar-refractivity contribution in [3.8, 4) is 0 Å². The first-order valence-electron chi connectivity index (χ1n) is 10.1. The van der Waals surface area contributed by atoms with Crippen molar-refractivity contribution < 1.29 is 4.74 Å². The predicted molar refractivity (Wildman–Crippen MR) is 107 cm³/mol. The molecule has 2 aromatic heterocycles. The van der Waals surface area contributed by atoms with Gasteiger partial charge in [-0.3, -0.25) is 0 Å². The van der Waals surface area contributed by atoms with E-state index >= 15 is 0 Å². The lowest BCUT2D eigenvalue weighted by molar-refractivity contribution is 0.137. The number of likely N-dealkylation sites (tertiary alicyclic amines) is 1. The number of fused-ring (bicyclic) bond motifs is 1. The number of aromatic nitrogens is 2. The Morgan fingerprint density at radius 2 is 1.85 bits per heavy atom. The Morgan fingerprint density at radius 1 is 1.04 bits per heavy atom. The van der Waals surface area contributed by atoms with E-state index in [1.807, 2.05) is 0 Å². The summed E-state index contributed by atoms with van der Waals surface area (Å²) in [6.45, 7) is 5.30. The van der Waals surface area contributed by atoms with Gasteiger partial charge in [0.25, 0.3) is 0 Å². The smallest absolute Gasteiger partial charge is 0.137 e. The van der Waals surface area contributed by atoms with Crippen molar-refractivity contribution in [2.75, 3.05) is 32.8 Å². The van der Waals surface area contributed by atoms with Gasteiger partial charge in [-0.2, -0.15) is 0 Å². The normalized spacial score (nSPS) is 23.0. The summed E-state index contributed by atoms with van der Waals surface area (Å²) in [6, 6.07) is 17.2. The number of imidazole rings is 1. The highest BCUT2D eigenvalue weighted by molar-refractivity contribution is 5.45. The first-order valence-corrected chi connectivity index (χ1v) is 10.1. The maximum atomic E-state index is 5.57. The van der Waals surface area contributed by atoms with E-state index < -0.39 is 0 Å². The van der Waals surface area contributed by atoms with Gasteiger partial charge in [-0.1, -0.05) is 36.4 Å². The van der Waals surface area contributed by atoms with Crippen molar-refractivity contribution >= 4 is 5.65 Å². The molecule has 140 valence electrons. The largest absolute Gasteiger partial charge is 0.381 e. The van der Waals surface area contributed by atoms with Crippen molar-refractivity contribution in [3.05, 3.63) is 72.2 Å². The molecule has 4 heteroatoms. The molecule has 0 spiro atoms. The van der Waals surface area contributed by atoms with Crippen molar-refractivity contribution in [3.63, 3.8) is 0 Å². The summed E-state index contributed by atoms with van der Waals surface area (Å²) in [5.41, 5.74) is 3.66. The maximum absolute atomic E-state index is 5.57. The number of pyridine rings is 1. The second kappa shape index (κ2) is 7.10. The summed E-state index contributed by atoms with van der Waals surface area (Å²) in [4.78, 5) is 7.67. The molecule has 0 aliphatic carbocycles. The number of hydrogen-bond acceptors (Lipinski definition) is 3. The summed E-state index contributed by atoms with van der Waals surface area (Å²) in [5.74, 6) is 0.712. The number of benzene rings is 1. The third-order valence-corrected chi connectivity index (χ3v) is 6.43. The Kier molecular flexibility index (Phi) is 4.46. The summed E-state index contributed by atoms with van der Waals surface area (Å²) in [7, 11) is 0. The van der Waals surface area contributed by atoms with Crippen molar-refractivity contribution in [2.45, 2.75) is 24.7 Å². The Morgan fingerprint density at radius 3 is 2.59 bits per heavy atom. The molecule has 27 heavy (non-hydrogen) atoms. The third kappa shape index (κ3) is 3.17. The average Bonchev–Trinajstić information content (AvgIpc) is 3.39. The van der Waals surface area contributed by atoms with Gasteiger partial charge in [-0.05, 0) is 56.0 Å². The van der Waals surface area contributed by atoms with Crippen LogP contribution in [0.4, 0.5) is 0 Å². The fraction of sp³-hybridized carbons (Fsp3) is 0.435.